The van der Waals surface area contributed by atoms with Gasteiger partial charge in [-0.1, -0.05) is 0 Å². The average Bonchev–Trinajstić information content (AvgIpc) is 2.83. The Morgan fingerprint density at radius 3 is 2.45 bits per heavy atom. The van der Waals surface area contributed by atoms with Crippen LogP contribution < -0.4 is 9.80 Å². The van der Waals surface area contributed by atoms with E-state index in [2.05, 4.69) is 4.98 Å². The standard InChI is InChI=1S/C18H19F5N4O2/c19-17(20)3-1-10-14(17)11(6-24)16(27-4-2-12(27)18(21,22)23)25-15(10)26-7-9(8-26)5-13(28)29/h9,12-13,28-29H,1-5,7-8H2/t12-/m1/s1. The van der Waals surface area contributed by atoms with Gasteiger partial charge in [-0.2, -0.15) is 18.4 Å². The number of halogens is 5. The molecule has 11 heteroatoms. The molecule has 3 aliphatic rings. The Bertz CT molecular complexity index is 861. The summed E-state index contributed by atoms with van der Waals surface area (Å²) in [5.74, 6) is -3.57. The van der Waals surface area contributed by atoms with Gasteiger partial charge in [-0.3, -0.25) is 0 Å². The highest BCUT2D eigenvalue weighted by Gasteiger charge is 2.52. The summed E-state index contributed by atoms with van der Waals surface area (Å²) in [6, 6.07) is -0.177. The summed E-state index contributed by atoms with van der Waals surface area (Å²) >= 11 is 0. The second-order valence-corrected chi connectivity index (χ2v) is 7.83. The molecule has 1 atom stereocenters. The third kappa shape index (κ3) is 3.28. The summed E-state index contributed by atoms with van der Waals surface area (Å²) in [7, 11) is 0. The predicted molar refractivity (Wildman–Crippen MR) is 91.5 cm³/mol. The molecule has 29 heavy (non-hydrogen) atoms. The van der Waals surface area contributed by atoms with Crippen LogP contribution in [0.2, 0.25) is 0 Å². The number of hydrogen-bond donors (Lipinski definition) is 2. The molecule has 0 amide bonds. The molecule has 2 saturated heterocycles. The van der Waals surface area contributed by atoms with E-state index in [4.69, 9.17) is 10.2 Å². The molecule has 1 aromatic rings. The minimum atomic E-state index is -4.55. The molecule has 0 spiro atoms. The van der Waals surface area contributed by atoms with E-state index in [1.165, 1.54) is 0 Å². The zero-order valence-electron chi connectivity index (χ0n) is 15.3. The van der Waals surface area contributed by atoms with E-state index in [0.717, 1.165) is 4.90 Å². The molecule has 1 aromatic heterocycles. The molecule has 2 N–H and O–H groups in total. The van der Waals surface area contributed by atoms with Crippen molar-refractivity contribution in [2.45, 2.75) is 50.1 Å². The lowest BCUT2D eigenvalue weighted by Gasteiger charge is -2.45. The van der Waals surface area contributed by atoms with Gasteiger partial charge in [0.05, 0.1) is 0 Å². The maximum atomic E-state index is 14.6. The van der Waals surface area contributed by atoms with Crippen LogP contribution in [0.3, 0.4) is 0 Å². The average molecular weight is 418 g/mol. The van der Waals surface area contributed by atoms with Crippen molar-refractivity contribution >= 4 is 11.6 Å². The summed E-state index contributed by atoms with van der Waals surface area (Å²) in [6.45, 7) is 0.641. The van der Waals surface area contributed by atoms with Crippen LogP contribution in [0.1, 0.15) is 36.0 Å². The third-order valence-electron chi connectivity index (χ3n) is 5.89. The van der Waals surface area contributed by atoms with Crippen LogP contribution >= 0.6 is 0 Å². The van der Waals surface area contributed by atoms with Gasteiger partial charge in [0.1, 0.15) is 29.3 Å². The number of aliphatic hydroxyl groups excluding tert-OH is 1. The SMILES string of the molecule is N#Cc1c(N2CC[C@@H]2C(F)(F)F)nc(N2CC(CC(O)O)C2)c2c1C(F)(F)CC2. The largest absolute Gasteiger partial charge is 0.408 e. The molecule has 3 heterocycles. The number of aromatic nitrogens is 1. The zero-order chi connectivity index (χ0) is 21.1. The van der Waals surface area contributed by atoms with Gasteiger partial charge < -0.3 is 20.0 Å². The van der Waals surface area contributed by atoms with Crippen LogP contribution in [0.15, 0.2) is 0 Å². The molecule has 4 rings (SSSR count). The topological polar surface area (TPSA) is 83.6 Å². The quantitative estimate of drug-likeness (QED) is 0.577. The van der Waals surface area contributed by atoms with E-state index < -0.39 is 42.0 Å². The van der Waals surface area contributed by atoms with Crippen LogP contribution in [0.5, 0.6) is 0 Å². The van der Waals surface area contributed by atoms with Crippen molar-refractivity contribution in [3.8, 4) is 6.07 Å². The minimum absolute atomic E-state index is 0.0189. The van der Waals surface area contributed by atoms with E-state index in [1.54, 1.807) is 11.0 Å². The molecule has 2 aliphatic heterocycles. The lowest BCUT2D eigenvalue weighted by molar-refractivity contribution is -0.159. The van der Waals surface area contributed by atoms with Crippen LogP contribution in [0.4, 0.5) is 33.6 Å². The Balaban J connectivity index is 1.76. The van der Waals surface area contributed by atoms with Crippen LogP contribution in [0.25, 0.3) is 0 Å². The molecule has 2 fully saturated rings. The van der Waals surface area contributed by atoms with Gasteiger partial charge in [-0.25, -0.2) is 13.8 Å². The summed E-state index contributed by atoms with van der Waals surface area (Å²) in [5, 5.41) is 27.7. The van der Waals surface area contributed by atoms with E-state index in [0.29, 0.717) is 13.1 Å². The number of fused-ring (bicyclic) bond motifs is 1. The van der Waals surface area contributed by atoms with E-state index in [-0.39, 0.29) is 48.9 Å². The second kappa shape index (κ2) is 6.67. The second-order valence-electron chi connectivity index (χ2n) is 7.83. The van der Waals surface area contributed by atoms with Crippen molar-refractivity contribution in [2.24, 2.45) is 5.92 Å². The maximum Gasteiger partial charge on any atom is 0.408 e. The summed E-state index contributed by atoms with van der Waals surface area (Å²) in [4.78, 5) is 6.81. The molecular weight excluding hydrogens is 399 g/mol. The molecule has 0 saturated carbocycles. The van der Waals surface area contributed by atoms with Crippen molar-refractivity contribution < 1.29 is 32.2 Å². The summed E-state index contributed by atoms with van der Waals surface area (Å²) in [5.41, 5.74) is -0.802. The van der Waals surface area contributed by atoms with Gasteiger partial charge in [0.25, 0.3) is 5.92 Å². The number of rotatable bonds is 4. The van der Waals surface area contributed by atoms with Crippen molar-refractivity contribution in [2.75, 3.05) is 29.4 Å². The van der Waals surface area contributed by atoms with Crippen molar-refractivity contribution in [3.63, 3.8) is 0 Å². The number of anilines is 2. The number of pyridine rings is 1. The molecule has 1 aliphatic carbocycles. The summed E-state index contributed by atoms with van der Waals surface area (Å²) in [6.07, 6.45) is -6.65. The number of aliphatic hydroxyl groups is 2. The van der Waals surface area contributed by atoms with Crippen molar-refractivity contribution in [3.05, 3.63) is 16.7 Å². The fourth-order valence-electron chi connectivity index (χ4n) is 4.39. The normalized spacial score (nSPS) is 23.6. The number of nitriles is 1. The Labute approximate surface area is 163 Å². The highest BCUT2D eigenvalue weighted by Crippen LogP contribution is 2.50. The number of hydrogen-bond acceptors (Lipinski definition) is 6. The van der Waals surface area contributed by atoms with Gasteiger partial charge in [0.15, 0.2) is 6.29 Å². The molecule has 0 bridgehead atoms. The van der Waals surface area contributed by atoms with E-state index in [1.807, 2.05) is 0 Å². The highest BCUT2D eigenvalue weighted by molar-refractivity contribution is 5.71. The molecule has 0 aromatic carbocycles. The third-order valence-corrected chi connectivity index (χ3v) is 5.89. The lowest BCUT2D eigenvalue weighted by atomic mass is 9.93. The van der Waals surface area contributed by atoms with Crippen LogP contribution in [-0.2, 0) is 12.3 Å². The fourth-order valence-corrected chi connectivity index (χ4v) is 4.39. The Hall–Kier alpha value is -2.19. The van der Waals surface area contributed by atoms with Gasteiger partial charge in [0.2, 0.25) is 0 Å². The smallest absolute Gasteiger partial charge is 0.368 e. The van der Waals surface area contributed by atoms with Crippen LogP contribution in [-0.4, -0.2) is 53.3 Å². The molecule has 6 nitrogen and oxygen atoms in total. The van der Waals surface area contributed by atoms with Crippen molar-refractivity contribution in [1.82, 2.24) is 4.98 Å². The first kappa shape index (κ1) is 20.1. The van der Waals surface area contributed by atoms with Gasteiger partial charge in [-0.05, 0) is 18.8 Å². The lowest BCUT2D eigenvalue weighted by Crippen LogP contribution is -2.57. The Kier molecular flexibility index (Phi) is 4.62. The molecule has 0 radical (unpaired) electrons. The fraction of sp³-hybridized carbons (Fsp3) is 0.667. The summed E-state index contributed by atoms with van der Waals surface area (Å²) < 4.78 is 68.9. The van der Waals surface area contributed by atoms with E-state index in [9.17, 15) is 27.2 Å². The first-order chi connectivity index (χ1) is 13.5. The first-order valence-corrected chi connectivity index (χ1v) is 9.32. The maximum absolute atomic E-state index is 14.6. The van der Waals surface area contributed by atoms with Gasteiger partial charge in [0, 0.05) is 43.6 Å². The molecular formula is C18H19F5N4O2. The monoisotopic (exact) mass is 418 g/mol. The number of alkyl halides is 5. The Morgan fingerprint density at radius 1 is 1.24 bits per heavy atom. The molecule has 0 unspecified atom stereocenters. The highest BCUT2D eigenvalue weighted by atomic mass is 19.4. The van der Waals surface area contributed by atoms with Gasteiger partial charge >= 0.3 is 6.18 Å². The van der Waals surface area contributed by atoms with Crippen LogP contribution in [0, 0.1) is 17.2 Å². The zero-order valence-corrected chi connectivity index (χ0v) is 15.3. The Morgan fingerprint density at radius 2 is 1.93 bits per heavy atom. The minimum Gasteiger partial charge on any atom is -0.368 e. The van der Waals surface area contributed by atoms with E-state index >= 15 is 0 Å². The van der Waals surface area contributed by atoms with Gasteiger partial charge in [-0.15, -0.1) is 0 Å². The van der Waals surface area contributed by atoms with Crippen molar-refractivity contribution in [1.29, 1.82) is 5.26 Å². The number of nitrogens with zero attached hydrogens (tertiary/aromatic N) is 4. The first-order valence-electron chi connectivity index (χ1n) is 9.32. The predicted octanol–water partition coefficient (Wildman–Crippen LogP) is 2.27. The molecule has 158 valence electrons.